The summed E-state index contributed by atoms with van der Waals surface area (Å²) in [6, 6.07) is 6.78. The monoisotopic (exact) mass is 383 g/mol. The van der Waals surface area contributed by atoms with Gasteiger partial charge in [0.15, 0.2) is 5.82 Å². The topological polar surface area (TPSA) is 47.5 Å². The number of rotatable bonds is 9. The lowest BCUT2D eigenvalue weighted by Gasteiger charge is -2.23. The fraction of sp³-hybridized carbons (Fsp3) is 0.474. The van der Waals surface area contributed by atoms with Crippen molar-refractivity contribution in [2.24, 2.45) is 0 Å². The number of alkyl halides is 3. The van der Waals surface area contributed by atoms with Crippen molar-refractivity contribution in [2.75, 3.05) is 25.2 Å². The van der Waals surface area contributed by atoms with Crippen LogP contribution in [0.15, 0.2) is 30.5 Å². The van der Waals surface area contributed by atoms with Crippen LogP contribution in [-0.4, -0.2) is 30.2 Å². The van der Waals surface area contributed by atoms with Crippen molar-refractivity contribution in [3.8, 4) is 11.8 Å². The lowest BCUT2D eigenvalue weighted by molar-refractivity contribution is -0.137. The minimum absolute atomic E-state index is 0.0725. The zero-order valence-electron chi connectivity index (χ0n) is 15.7. The Balaban J connectivity index is 2.36. The Bertz CT molecular complexity index is 738. The van der Waals surface area contributed by atoms with Crippen molar-refractivity contribution in [3.05, 3.63) is 36.0 Å². The molecule has 1 heterocycles. The molecule has 0 spiro atoms. The quantitative estimate of drug-likeness (QED) is 0.555. The molecule has 0 bridgehead atoms. The zero-order chi connectivity index (χ0) is 19.9. The molecular weight excluding hydrogens is 359 g/mol. The molecule has 1 aromatic heterocycles. The van der Waals surface area contributed by atoms with Gasteiger partial charge < -0.3 is 14.4 Å². The van der Waals surface area contributed by atoms with Gasteiger partial charge in [-0.1, -0.05) is 26.3 Å². The van der Waals surface area contributed by atoms with Crippen LogP contribution in [0.3, 0.4) is 0 Å². The second-order valence-electron chi connectivity index (χ2n) is 5.99. The number of nitrogens with zero attached hydrogens (tertiary/aromatic N) is 3. The van der Waals surface area contributed by atoms with Gasteiger partial charge in [0.2, 0.25) is 0 Å². The molecule has 0 unspecified atom stereocenters. The van der Waals surface area contributed by atoms with Crippen molar-refractivity contribution in [1.82, 2.24) is 9.97 Å². The third kappa shape index (κ3) is 5.74. The normalized spacial score (nSPS) is 11.3. The maximum atomic E-state index is 13.4. The van der Waals surface area contributed by atoms with E-state index in [0.29, 0.717) is 24.7 Å². The van der Waals surface area contributed by atoms with Gasteiger partial charge in [-0.25, -0.2) is 4.98 Å². The minimum atomic E-state index is -4.58. The molecule has 0 saturated heterocycles. The fourth-order valence-electron chi connectivity index (χ4n) is 2.31. The van der Waals surface area contributed by atoms with Crippen molar-refractivity contribution in [1.29, 1.82) is 0 Å². The van der Waals surface area contributed by atoms with Crippen LogP contribution in [0.1, 0.15) is 38.7 Å². The first kappa shape index (κ1) is 20.8. The van der Waals surface area contributed by atoms with Crippen molar-refractivity contribution in [2.45, 2.75) is 39.3 Å². The molecule has 5 nitrogen and oxygen atoms in total. The molecule has 1 aromatic carbocycles. The van der Waals surface area contributed by atoms with Crippen LogP contribution in [-0.2, 0) is 6.18 Å². The molecule has 2 aromatic rings. The summed E-state index contributed by atoms with van der Waals surface area (Å²) in [4.78, 5) is 9.08. The van der Waals surface area contributed by atoms with Gasteiger partial charge in [0, 0.05) is 25.0 Å². The number of anilines is 2. The van der Waals surface area contributed by atoms with E-state index in [1.165, 1.54) is 11.9 Å². The highest BCUT2D eigenvalue weighted by atomic mass is 19.4. The Hall–Kier alpha value is -2.51. The second kappa shape index (κ2) is 9.43. The Labute approximate surface area is 157 Å². The maximum absolute atomic E-state index is 13.4. The molecule has 0 aliphatic heterocycles. The summed E-state index contributed by atoms with van der Waals surface area (Å²) in [5, 5.41) is 0. The first-order valence-electron chi connectivity index (χ1n) is 8.90. The predicted molar refractivity (Wildman–Crippen MR) is 97.7 cm³/mol. The average Bonchev–Trinajstić information content (AvgIpc) is 2.65. The highest BCUT2D eigenvalue weighted by Crippen LogP contribution is 2.38. The number of hydrogen-bond donors (Lipinski definition) is 0. The summed E-state index contributed by atoms with van der Waals surface area (Å²) >= 11 is 0. The zero-order valence-corrected chi connectivity index (χ0v) is 15.7. The highest BCUT2D eigenvalue weighted by Gasteiger charge is 2.36. The van der Waals surface area contributed by atoms with Crippen LogP contribution in [0.2, 0.25) is 0 Å². The Morgan fingerprint density at radius 3 is 2.52 bits per heavy atom. The molecule has 0 aliphatic rings. The molecule has 2 rings (SSSR count). The van der Waals surface area contributed by atoms with E-state index < -0.39 is 11.7 Å². The number of hydrogen-bond acceptors (Lipinski definition) is 5. The van der Waals surface area contributed by atoms with Crippen molar-refractivity contribution >= 4 is 11.5 Å². The van der Waals surface area contributed by atoms with E-state index in [9.17, 15) is 13.2 Å². The third-order valence-corrected chi connectivity index (χ3v) is 3.78. The van der Waals surface area contributed by atoms with Crippen molar-refractivity contribution in [3.63, 3.8) is 0 Å². The average molecular weight is 383 g/mol. The Kier molecular flexibility index (Phi) is 7.27. The molecule has 0 atom stereocenters. The highest BCUT2D eigenvalue weighted by molar-refractivity contribution is 5.64. The maximum Gasteiger partial charge on any atom is 0.421 e. The van der Waals surface area contributed by atoms with Crippen LogP contribution in [0.25, 0.3) is 0 Å². The summed E-state index contributed by atoms with van der Waals surface area (Å²) in [6.07, 6.45) is -1.31. The first-order chi connectivity index (χ1) is 12.9. The molecule has 0 aliphatic carbocycles. The molecule has 8 heteroatoms. The van der Waals surface area contributed by atoms with E-state index in [1.807, 2.05) is 13.8 Å². The van der Waals surface area contributed by atoms with E-state index >= 15 is 0 Å². The lowest BCUT2D eigenvalue weighted by Crippen LogP contribution is -2.19. The van der Waals surface area contributed by atoms with Crippen LogP contribution in [0, 0.1) is 0 Å². The molecular formula is C19H24F3N3O2. The number of unbranched alkanes of at least 4 members (excludes halogenated alkanes) is 1. The smallest absolute Gasteiger partial charge is 0.421 e. The molecule has 0 N–H and O–H groups in total. The number of aromatic nitrogens is 2. The van der Waals surface area contributed by atoms with E-state index in [0.717, 1.165) is 25.5 Å². The summed E-state index contributed by atoms with van der Waals surface area (Å²) in [5.74, 6) is 0.319. The van der Waals surface area contributed by atoms with Gasteiger partial charge in [-0.2, -0.15) is 18.2 Å². The Morgan fingerprint density at radius 1 is 1.07 bits per heavy atom. The third-order valence-electron chi connectivity index (χ3n) is 3.78. The van der Waals surface area contributed by atoms with Gasteiger partial charge >= 0.3 is 12.2 Å². The number of halogens is 3. The van der Waals surface area contributed by atoms with E-state index in [2.05, 4.69) is 9.97 Å². The SMILES string of the molecule is CCCCOc1ncc(C(F)(F)F)c(N(C)c2cccc(OCCC)c2)n1. The Morgan fingerprint density at radius 2 is 1.85 bits per heavy atom. The van der Waals surface area contributed by atoms with E-state index in [4.69, 9.17) is 9.47 Å². The number of benzene rings is 1. The van der Waals surface area contributed by atoms with E-state index in [-0.39, 0.29) is 11.8 Å². The summed E-state index contributed by atoms with van der Waals surface area (Å²) in [5.41, 5.74) is -0.403. The minimum Gasteiger partial charge on any atom is -0.494 e. The molecule has 27 heavy (non-hydrogen) atoms. The van der Waals surface area contributed by atoms with Crippen LogP contribution >= 0.6 is 0 Å². The molecule has 148 valence electrons. The predicted octanol–water partition coefficient (Wildman–Crippen LogP) is 5.23. The summed E-state index contributed by atoms with van der Waals surface area (Å²) in [7, 11) is 1.52. The summed E-state index contributed by atoms with van der Waals surface area (Å²) in [6.45, 7) is 4.85. The number of ether oxygens (including phenoxy) is 2. The van der Waals surface area contributed by atoms with Gasteiger partial charge in [0.05, 0.1) is 13.2 Å². The largest absolute Gasteiger partial charge is 0.494 e. The van der Waals surface area contributed by atoms with E-state index in [1.54, 1.807) is 24.3 Å². The van der Waals surface area contributed by atoms with Crippen LogP contribution in [0.5, 0.6) is 11.8 Å². The lowest BCUT2D eigenvalue weighted by atomic mass is 10.2. The fourth-order valence-corrected chi connectivity index (χ4v) is 2.31. The van der Waals surface area contributed by atoms with Crippen LogP contribution in [0.4, 0.5) is 24.7 Å². The molecule has 0 fully saturated rings. The van der Waals surface area contributed by atoms with Gasteiger partial charge in [-0.05, 0) is 25.0 Å². The van der Waals surface area contributed by atoms with Gasteiger partial charge in [0.1, 0.15) is 11.3 Å². The van der Waals surface area contributed by atoms with Crippen molar-refractivity contribution < 1.29 is 22.6 Å². The van der Waals surface area contributed by atoms with Gasteiger partial charge in [0.25, 0.3) is 0 Å². The molecule has 0 saturated carbocycles. The standard InChI is InChI=1S/C19H24F3N3O2/c1-4-6-11-27-18-23-13-16(19(20,21)22)17(24-18)25(3)14-8-7-9-15(12-14)26-10-5-2/h7-9,12-13H,4-6,10-11H2,1-3H3. The second-order valence-corrected chi connectivity index (χ2v) is 5.99. The first-order valence-corrected chi connectivity index (χ1v) is 8.90. The van der Waals surface area contributed by atoms with Gasteiger partial charge in [-0.3, -0.25) is 0 Å². The summed E-state index contributed by atoms with van der Waals surface area (Å²) < 4.78 is 51.2. The van der Waals surface area contributed by atoms with Crippen LogP contribution < -0.4 is 14.4 Å². The molecule has 0 amide bonds. The van der Waals surface area contributed by atoms with Gasteiger partial charge in [-0.15, -0.1) is 0 Å². The molecule has 0 radical (unpaired) electrons.